The average molecular weight is 288 g/mol. The lowest BCUT2D eigenvalue weighted by atomic mass is 10.1. The van der Waals surface area contributed by atoms with Crippen molar-refractivity contribution in [2.24, 2.45) is 0 Å². The van der Waals surface area contributed by atoms with Crippen LogP contribution in [0.15, 0.2) is 33.5 Å². The molecule has 0 unspecified atom stereocenters. The van der Waals surface area contributed by atoms with Crippen LogP contribution in [0.3, 0.4) is 0 Å². The van der Waals surface area contributed by atoms with Gasteiger partial charge in [-0.3, -0.25) is 4.79 Å². The largest absolute Gasteiger partial charge is 0.507 e. The number of hydrogen-bond acceptors (Lipinski definition) is 6. The molecular formula is C15H12O6. The van der Waals surface area contributed by atoms with E-state index >= 15 is 0 Å². The third-order valence-corrected chi connectivity index (χ3v) is 3.25. The summed E-state index contributed by atoms with van der Waals surface area (Å²) in [6.45, 7) is 0. The molecule has 0 saturated heterocycles. The molecular weight excluding hydrogens is 276 g/mol. The molecule has 0 atom stereocenters. The molecule has 0 fully saturated rings. The summed E-state index contributed by atoms with van der Waals surface area (Å²) >= 11 is 0. The fourth-order valence-corrected chi connectivity index (χ4v) is 2.23. The first-order chi connectivity index (χ1) is 10.0. The average Bonchev–Trinajstić information content (AvgIpc) is 2.47. The Balaban J connectivity index is 2.52. The highest BCUT2D eigenvalue weighted by atomic mass is 16.5. The van der Waals surface area contributed by atoms with Crippen LogP contribution in [0.5, 0.6) is 23.0 Å². The van der Waals surface area contributed by atoms with E-state index in [0.29, 0.717) is 11.5 Å². The summed E-state index contributed by atoms with van der Waals surface area (Å²) in [5.74, 6) is 0.197. The van der Waals surface area contributed by atoms with Gasteiger partial charge in [0.2, 0.25) is 5.43 Å². The van der Waals surface area contributed by atoms with Crippen molar-refractivity contribution in [2.45, 2.75) is 0 Å². The maximum atomic E-state index is 12.5. The van der Waals surface area contributed by atoms with E-state index in [-0.39, 0.29) is 33.4 Å². The van der Waals surface area contributed by atoms with Crippen LogP contribution in [0, 0.1) is 0 Å². The van der Waals surface area contributed by atoms with Crippen LogP contribution < -0.4 is 14.9 Å². The molecule has 3 aromatic rings. The molecule has 0 amide bonds. The van der Waals surface area contributed by atoms with Crippen LogP contribution in [0.25, 0.3) is 21.9 Å². The number of phenolic OH excluding ortho intramolecular Hbond substituents is 2. The normalized spacial score (nSPS) is 11.0. The smallest absolute Gasteiger partial charge is 0.204 e. The van der Waals surface area contributed by atoms with E-state index in [9.17, 15) is 15.0 Å². The van der Waals surface area contributed by atoms with Crippen molar-refractivity contribution >= 4 is 21.9 Å². The summed E-state index contributed by atoms with van der Waals surface area (Å²) in [4.78, 5) is 12.5. The van der Waals surface area contributed by atoms with Gasteiger partial charge in [0.1, 0.15) is 28.2 Å². The molecule has 1 aromatic heterocycles. The Hall–Kier alpha value is -2.89. The second-order valence-electron chi connectivity index (χ2n) is 4.47. The van der Waals surface area contributed by atoms with Gasteiger partial charge < -0.3 is 24.1 Å². The number of hydrogen-bond donors (Lipinski definition) is 2. The van der Waals surface area contributed by atoms with Crippen LogP contribution in [0.4, 0.5) is 0 Å². The Morgan fingerprint density at radius 2 is 1.57 bits per heavy atom. The van der Waals surface area contributed by atoms with Crippen LogP contribution in [-0.4, -0.2) is 24.4 Å². The number of rotatable bonds is 2. The van der Waals surface area contributed by atoms with E-state index in [1.807, 2.05) is 0 Å². The molecule has 0 bridgehead atoms. The maximum Gasteiger partial charge on any atom is 0.204 e. The molecule has 1 heterocycles. The fraction of sp³-hybridized carbons (Fsp3) is 0.133. The van der Waals surface area contributed by atoms with Crippen LogP contribution in [0.1, 0.15) is 0 Å². The minimum atomic E-state index is -0.458. The molecule has 108 valence electrons. The van der Waals surface area contributed by atoms with Gasteiger partial charge in [-0.05, 0) is 6.07 Å². The second kappa shape index (κ2) is 4.59. The summed E-state index contributed by atoms with van der Waals surface area (Å²) in [5.41, 5.74) is -0.300. The molecule has 6 nitrogen and oxygen atoms in total. The predicted molar refractivity (Wildman–Crippen MR) is 76.4 cm³/mol. The molecule has 0 spiro atoms. The summed E-state index contributed by atoms with van der Waals surface area (Å²) in [6, 6.07) is 5.59. The molecule has 0 radical (unpaired) electrons. The topological polar surface area (TPSA) is 89.1 Å². The van der Waals surface area contributed by atoms with Crippen molar-refractivity contribution in [1.29, 1.82) is 0 Å². The van der Waals surface area contributed by atoms with Crippen molar-refractivity contribution in [3.05, 3.63) is 34.5 Å². The van der Waals surface area contributed by atoms with Gasteiger partial charge in [0, 0.05) is 18.2 Å². The van der Waals surface area contributed by atoms with E-state index in [4.69, 9.17) is 13.9 Å². The van der Waals surface area contributed by atoms with Crippen LogP contribution in [-0.2, 0) is 0 Å². The lowest BCUT2D eigenvalue weighted by Crippen LogP contribution is -2.03. The highest BCUT2D eigenvalue weighted by molar-refractivity contribution is 5.96. The van der Waals surface area contributed by atoms with E-state index < -0.39 is 5.43 Å². The Bertz CT molecular complexity index is 910. The molecule has 0 saturated carbocycles. The van der Waals surface area contributed by atoms with Gasteiger partial charge in [0.25, 0.3) is 0 Å². The van der Waals surface area contributed by atoms with Crippen LogP contribution in [0.2, 0.25) is 0 Å². The summed E-state index contributed by atoms with van der Waals surface area (Å²) < 4.78 is 15.6. The van der Waals surface area contributed by atoms with E-state index in [0.717, 1.165) is 0 Å². The highest BCUT2D eigenvalue weighted by Gasteiger charge is 2.16. The number of aromatic hydroxyl groups is 2. The number of ether oxygens (including phenoxy) is 2. The standard InChI is InChI=1S/C15H12O6/c1-19-7-3-9-14(18)13-10(16)4-8(20-2)6-12(13)21-15(9)11(17)5-7/h3-6,16-17H,1-2H3. The van der Waals surface area contributed by atoms with Gasteiger partial charge in [-0.15, -0.1) is 0 Å². The molecule has 6 heteroatoms. The van der Waals surface area contributed by atoms with Crippen molar-refractivity contribution in [3.8, 4) is 23.0 Å². The summed E-state index contributed by atoms with van der Waals surface area (Å²) in [6.07, 6.45) is 0. The molecule has 0 aliphatic rings. The Morgan fingerprint density at radius 3 is 2.24 bits per heavy atom. The lowest BCUT2D eigenvalue weighted by Gasteiger charge is -2.08. The van der Waals surface area contributed by atoms with Crippen molar-refractivity contribution in [2.75, 3.05) is 14.2 Å². The lowest BCUT2D eigenvalue weighted by molar-refractivity contribution is 0.405. The first-order valence-corrected chi connectivity index (χ1v) is 6.09. The van der Waals surface area contributed by atoms with Crippen LogP contribution >= 0.6 is 0 Å². The third-order valence-electron chi connectivity index (χ3n) is 3.25. The molecule has 21 heavy (non-hydrogen) atoms. The Labute approximate surface area is 118 Å². The van der Waals surface area contributed by atoms with Crippen molar-refractivity contribution < 1.29 is 24.1 Å². The summed E-state index contributed by atoms with van der Waals surface area (Å²) in [7, 11) is 2.85. The van der Waals surface area contributed by atoms with Gasteiger partial charge in [-0.1, -0.05) is 0 Å². The zero-order valence-corrected chi connectivity index (χ0v) is 11.3. The van der Waals surface area contributed by atoms with Gasteiger partial charge in [0.05, 0.1) is 19.6 Å². The van der Waals surface area contributed by atoms with Crippen molar-refractivity contribution in [1.82, 2.24) is 0 Å². The molecule has 0 aliphatic heterocycles. The number of phenols is 2. The van der Waals surface area contributed by atoms with Gasteiger partial charge >= 0.3 is 0 Å². The number of methoxy groups -OCH3 is 2. The molecule has 3 rings (SSSR count). The van der Waals surface area contributed by atoms with Crippen molar-refractivity contribution in [3.63, 3.8) is 0 Å². The van der Waals surface area contributed by atoms with E-state index in [1.54, 1.807) is 0 Å². The SMILES string of the molecule is COc1cc(O)c2c(=O)c3cc(OC)cc(O)c3oc2c1. The Kier molecular flexibility index (Phi) is 2.86. The Morgan fingerprint density at radius 1 is 0.952 bits per heavy atom. The first-order valence-electron chi connectivity index (χ1n) is 6.09. The first kappa shape index (κ1) is 13.1. The molecule has 0 aliphatic carbocycles. The van der Waals surface area contributed by atoms with E-state index in [1.165, 1.54) is 38.5 Å². The van der Waals surface area contributed by atoms with E-state index in [2.05, 4.69) is 0 Å². The monoisotopic (exact) mass is 288 g/mol. The van der Waals surface area contributed by atoms with Gasteiger partial charge in [-0.25, -0.2) is 0 Å². The fourth-order valence-electron chi connectivity index (χ4n) is 2.23. The third kappa shape index (κ3) is 1.92. The minimum Gasteiger partial charge on any atom is -0.507 e. The quantitative estimate of drug-likeness (QED) is 0.704. The number of fused-ring (bicyclic) bond motifs is 2. The van der Waals surface area contributed by atoms with Gasteiger partial charge in [0.15, 0.2) is 11.3 Å². The zero-order chi connectivity index (χ0) is 15.1. The molecule has 2 aromatic carbocycles. The van der Waals surface area contributed by atoms with Gasteiger partial charge in [-0.2, -0.15) is 0 Å². The molecule has 2 N–H and O–H groups in total. The number of benzene rings is 2. The highest BCUT2D eigenvalue weighted by Crippen LogP contribution is 2.34. The minimum absolute atomic E-state index is 0.0240. The second-order valence-corrected chi connectivity index (χ2v) is 4.47. The summed E-state index contributed by atoms with van der Waals surface area (Å²) in [5, 5.41) is 20.1. The predicted octanol–water partition coefficient (Wildman–Crippen LogP) is 2.37. The zero-order valence-electron chi connectivity index (χ0n) is 11.3. The maximum absolute atomic E-state index is 12.5.